The van der Waals surface area contributed by atoms with Gasteiger partial charge >= 0.3 is 12.0 Å². The summed E-state index contributed by atoms with van der Waals surface area (Å²) in [5, 5.41) is 8.82. The van der Waals surface area contributed by atoms with E-state index in [1.807, 2.05) is 0 Å². The lowest BCUT2D eigenvalue weighted by atomic mass is 10.1. The molecule has 2 rings (SSSR count). The maximum Gasteiger partial charge on any atom is 0.335 e. The van der Waals surface area contributed by atoms with E-state index in [1.54, 1.807) is 37.5 Å². The largest absolute Gasteiger partial charge is 0.478 e. The van der Waals surface area contributed by atoms with Crippen molar-refractivity contribution in [3.63, 3.8) is 0 Å². The Hall–Kier alpha value is -2.43. The number of carboxylic acids is 1. The van der Waals surface area contributed by atoms with Gasteiger partial charge < -0.3 is 9.84 Å². The fraction of sp³-hybridized carbons (Fsp3) is 0.0833. The molecular formula is C12H10N2O3. The summed E-state index contributed by atoms with van der Waals surface area (Å²) >= 11 is 0. The first kappa shape index (κ1) is 11.1. The number of hydrogen-bond donors (Lipinski definition) is 1. The quantitative estimate of drug-likeness (QED) is 0.875. The summed E-state index contributed by atoms with van der Waals surface area (Å²) in [5.41, 5.74) is 0.946. The summed E-state index contributed by atoms with van der Waals surface area (Å²) in [6.45, 7) is 1.77. The number of carbonyl (C=O) groups is 1. The van der Waals surface area contributed by atoms with E-state index >= 15 is 0 Å². The predicted molar refractivity (Wildman–Crippen MR) is 60.2 cm³/mol. The van der Waals surface area contributed by atoms with E-state index in [4.69, 9.17) is 9.84 Å². The molecule has 1 aromatic carbocycles. The molecular weight excluding hydrogens is 220 g/mol. The van der Waals surface area contributed by atoms with Crippen molar-refractivity contribution in [2.24, 2.45) is 0 Å². The van der Waals surface area contributed by atoms with Crippen LogP contribution < -0.4 is 4.74 Å². The fourth-order valence-corrected chi connectivity index (χ4v) is 1.33. The number of benzene rings is 1. The van der Waals surface area contributed by atoms with E-state index in [9.17, 15) is 4.79 Å². The molecule has 0 aliphatic heterocycles. The zero-order valence-electron chi connectivity index (χ0n) is 9.12. The van der Waals surface area contributed by atoms with E-state index in [-0.39, 0.29) is 11.6 Å². The van der Waals surface area contributed by atoms with Crippen LogP contribution in [0.25, 0.3) is 0 Å². The van der Waals surface area contributed by atoms with Crippen molar-refractivity contribution >= 4 is 5.97 Å². The van der Waals surface area contributed by atoms with Crippen LogP contribution in [0.5, 0.6) is 11.8 Å². The lowest BCUT2D eigenvalue weighted by Gasteiger charge is -2.06. The average molecular weight is 230 g/mol. The summed E-state index contributed by atoms with van der Waals surface area (Å²) in [6.07, 6.45) is 3.15. The molecule has 0 aliphatic carbocycles. The molecule has 0 radical (unpaired) electrons. The number of aryl methyl sites for hydroxylation is 1. The minimum absolute atomic E-state index is 0.226. The summed E-state index contributed by atoms with van der Waals surface area (Å²) in [5.74, 6) is -0.420. The third-order valence-electron chi connectivity index (χ3n) is 2.17. The molecule has 1 N–H and O–H groups in total. The standard InChI is InChI=1S/C12H10N2O3/c1-8-7-9(11(15)16)3-4-10(8)17-12-13-5-2-6-14-12/h2-7H,1H3,(H,15,16). The molecule has 5 heteroatoms. The lowest BCUT2D eigenvalue weighted by molar-refractivity contribution is 0.0697. The summed E-state index contributed by atoms with van der Waals surface area (Å²) in [4.78, 5) is 18.6. The van der Waals surface area contributed by atoms with E-state index < -0.39 is 5.97 Å². The number of ether oxygens (including phenoxy) is 1. The maximum atomic E-state index is 10.8. The van der Waals surface area contributed by atoms with Crippen LogP contribution in [0, 0.1) is 6.92 Å². The normalized spacial score (nSPS) is 9.94. The number of carboxylic acid groups (broad SMARTS) is 1. The third kappa shape index (κ3) is 2.57. The van der Waals surface area contributed by atoms with Gasteiger partial charge in [-0.1, -0.05) is 0 Å². The van der Waals surface area contributed by atoms with Crippen LogP contribution in [0.15, 0.2) is 36.7 Å². The van der Waals surface area contributed by atoms with Gasteiger partial charge in [0.2, 0.25) is 0 Å². The van der Waals surface area contributed by atoms with Crippen LogP contribution in [0.1, 0.15) is 15.9 Å². The number of aromatic carboxylic acids is 1. The van der Waals surface area contributed by atoms with E-state index in [0.717, 1.165) is 5.56 Å². The molecule has 0 saturated heterocycles. The number of hydrogen-bond acceptors (Lipinski definition) is 4. The van der Waals surface area contributed by atoms with Crippen molar-refractivity contribution in [3.05, 3.63) is 47.8 Å². The summed E-state index contributed by atoms with van der Waals surface area (Å²) < 4.78 is 5.43. The van der Waals surface area contributed by atoms with Crippen molar-refractivity contribution in [1.29, 1.82) is 0 Å². The fourth-order valence-electron chi connectivity index (χ4n) is 1.33. The topological polar surface area (TPSA) is 72.3 Å². The van der Waals surface area contributed by atoms with Crippen molar-refractivity contribution in [2.75, 3.05) is 0 Å². The Morgan fingerprint density at radius 2 is 2.00 bits per heavy atom. The molecule has 0 atom stereocenters. The SMILES string of the molecule is Cc1cc(C(=O)O)ccc1Oc1ncccn1. The first-order chi connectivity index (χ1) is 8.16. The molecule has 1 heterocycles. The van der Waals surface area contributed by atoms with E-state index in [0.29, 0.717) is 5.75 Å². The van der Waals surface area contributed by atoms with Gasteiger partial charge in [0.05, 0.1) is 5.56 Å². The Kier molecular flexibility index (Phi) is 3.00. The zero-order chi connectivity index (χ0) is 12.3. The molecule has 0 unspecified atom stereocenters. The smallest absolute Gasteiger partial charge is 0.335 e. The summed E-state index contributed by atoms with van der Waals surface area (Å²) in [6, 6.07) is 6.54. The zero-order valence-corrected chi connectivity index (χ0v) is 9.12. The Morgan fingerprint density at radius 3 is 2.59 bits per heavy atom. The number of nitrogens with zero attached hydrogens (tertiary/aromatic N) is 2. The molecule has 0 aliphatic rings. The molecule has 5 nitrogen and oxygen atoms in total. The molecule has 0 saturated carbocycles. The van der Waals surface area contributed by atoms with Gasteiger partial charge in [-0.3, -0.25) is 0 Å². The van der Waals surface area contributed by atoms with Crippen molar-refractivity contribution < 1.29 is 14.6 Å². The molecule has 0 spiro atoms. The molecule has 0 amide bonds. The van der Waals surface area contributed by atoms with Crippen molar-refractivity contribution in [2.45, 2.75) is 6.92 Å². The van der Waals surface area contributed by atoms with Gasteiger partial charge in [-0.05, 0) is 36.8 Å². The van der Waals surface area contributed by atoms with Gasteiger partial charge in [0.1, 0.15) is 5.75 Å². The monoisotopic (exact) mass is 230 g/mol. The van der Waals surface area contributed by atoms with Gasteiger partial charge in [-0.25, -0.2) is 14.8 Å². The van der Waals surface area contributed by atoms with Gasteiger partial charge in [0.25, 0.3) is 0 Å². The van der Waals surface area contributed by atoms with Crippen LogP contribution in [-0.4, -0.2) is 21.0 Å². The van der Waals surface area contributed by atoms with Gasteiger partial charge in [0.15, 0.2) is 0 Å². The Labute approximate surface area is 97.7 Å². The molecule has 0 fully saturated rings. The van der Waals surface area contributed by atoms with Crippen LogP contribution in [0.4, 0.5) is 0 Å². The Balaban J connectivity index is 2.26. The molecule has 1 aromatic heterocycles. The van der Waals surface area contributed by atoms with Crippen LogP contribution in [0.3, 0.4) is 0 Å². The highest BCUT2D eigenvalue weighted by atomic mass is 16.5. The van der Waals surface area contributed by atoms with Gasteiger partial charge in [-0.2, -0.15) is 0 Å². The van der Waals surface area contributed by atoms with Gasteiger partial charge in [0, 0.05) is 12.4 Å². The second-order valence-electron chi connectivity index (χ2n) is 3.42. The average Bonchev–Trinajstić information content (AvgIpc) is 2.33. The Morgan fingerprint density at radius 1 is 1.29 bits per heavy atom. The molecule has 2 aromatic rings. The van der Waals surface area contributed by atoms with Crippen molar-refractivity contribution in [1.82, 2.24) is 9.97 Å². The van der Waals surface area contributed by atoms with Gasteiger partial charge in [-0.15, -0.1) is 0 Å². The second kappa shape index (κ2) is 4.61. The highest BCUT2D eigenvalue weighted by Gasteiger charge is 2.07. The number of rotatable bonds is 3. The highest BCUT2D eigenvalue weighted by molar-refractivity contribution is 5.88. The highest BCUT2D eigenvalue weighted by Crippen LogP contribution is 2.23. The van der Waals surface area contributed by atoms with Crippen LogP contribution in [-0.2, 0) is 0 Å². The minimum atomic E-state index is -0.962. The summed E-state index contributed by atoms with van der Waals surface area (Å²) in [7, 11) is 0. The first-order valence-corrected chi connectivity index (χ1v) is 4.95. The Bertz CT molecular complexity index is 541. The third-order valence-corrected chi connectivity index (χ3v) is 2.17. The van der Waals surface area contributed by atoms with E-state index in [1.165, 1.54) is 6.07 Å². The van der Waals surface area contributed by atoms with Crippen LogP contribution >= 0.6 is 0 Å². The molecule has 17 heavy (non-hydrogen) atoms. The number of aromatic nitrogens is 2. The second-order valence-corrected chi connectivity index (χ2v) is 3.42. The van der Waals surface area contributed by atoms with E-state index in [2.05, 4.69) is 9.97 Å². The minimum Gasteiger partial charge on any atom is -0.478 e. The maximum absolute atomic E-state index is 10.8. The molecule has 86 valence electrons. The van der Waals surface area contributed by atoms with Crippen LogP contribution in [0.2, 0.25) is 0 Å². The molecule has 0 bridgehead atoms. The lowest BCUT2D eigenvalue weighted by Crippen LogP contribution is -1.98. The first-order valence-electron chi connectivity index (χ1n) is 4.95. The van der Waals surface area contributed by atoms with Crippen molar-refractivity contribution in [3.8, 4) is 11.8 Å². The predicted octanol–water partition coefficient (Wildman–Crippen LogP) is 2.28.